The van der Waals surface area contributed by atoms with Crippen molar-refractivity contribution in [1.29, 1.82) is 0 Å². The van der Waals surface area contributed by atoms with Crippen LogP contribution in [0.25, 0.3) is 10.8 Å². The minimum atomic E-state index is -1.11. The van der Waals surface area contributed by atoms with Gasteiger partial charge in [0.15, 0.2) is 6.10 Å². The summed E-state index contributed by atoms with van der Waals surface area (Å²) in [5.41, 5.74) is 1.77. The molecule has 1 N–H and O–H groups in total. The van der Waals surface area contributed by atoms with Crippen LogP contribution in [0, 0.1) is 0 Å². The quantitative estimate of drug-likeness (QED) is 0.698. The highest BCUT2D eigenvalue weighted by Crippen LogP contribution is 2.24. The number of carbonyl (C=O) groups excluding carboxylic acids is 1. The summed E-state index contributed by atoms with van der Waals surface area (Å²) in [6.07, 6.45) is 2.55. The molecule has 0 radical (unpaired) electrons. The molecule has 1 fully saturated rings. The number of aliphatic hydroxyl groups is 1. The van der Waals surface area contributed by atoms with Crippen molar-refractivity contribution in [2.45, 2.75) is 6.10 Å². The van der Waals surface area contributed by atoms with Gasteiger partial charge in [-0.25, -0.2) is 0 Å². The van der Waals surface area contributed by atoms with Crippen LogP contribution in [-0.4, -0.2) is 47.1 Å². The number of pyridine rings is 1. The van der Waals surface area contributed by atoms with Crippen molar-refractivity contribution in [2.75, 3.05) is 31.1 Å². The number of benzene rings is 2. The number of halogens is 1. The molecular formula is C21H20BrN3O2. The van der Waals surface area contributed by atoms with E-state index in [9.17, 15) is 9.90 Å². The average molecular weight is 426 g/mol. The van der Waals surface area contributed by atoms with Gasteiger partial charge in [-0.2, -0.15) is 0 Å². The Morgan fingerprint density at radius 2 is 1.74 bits per heavy atom. The van der Waals surface area contributed by atoms with E-state index in [2.05, 4.69) is 44.0 Å². The highest BCUT2D eigenvalue weighted by Gasteiger charge is 2.27. The predicted octanol–water partition coefficient (Wildman–Crippen LogP) is 3.38. The van der Waals surface area contributed by atoms with Crippen molar-refractivity contribution < 1.29 is 9.90 Å². The third-order valence-corrected chi connectivity index (χ3v) is 5.53. The molecule has 1 unspecified atom stereocenters. The van der Waals surface area contributed by atoms with Gasteiger partial charge in [-0.1, -0.05) is 34.1 Å². The zero-order valence-corrected chi connectivity index (χ0v) is 16.3. The number of aromatic nitrogens is 1. The lowest BCUT2D eigenvalue weighted by molar-refractivity contribution is -0.140. The lowest BCUT2D eigenvalue weighted by Crippen LogP contribution is -2.50. The molecular weight excluding hydrogens is 406 g/mol. The Balaban J connectivity index is 1.41. The smallest absolute Gasteiger partial charge is 0.256 e. The lowest BCUT2D eigenvalue weighted by atomic mass is 10.1. The number of carbonyl (C=O) groups is 1. The lowest BCUT2D eigenvalue weighted by Gasteiger charge is -2.37. The molecule has 0 spiro atoms. The number of rotatable bonds is 3. The summed E-state index contributed by atoms with van der Waals surface area (Å²) >= 11 is 3.37. The molecule has 1 amide bonds. The van der Waals surface area contributed by atoms with Gasteiger partial charge in [0.05, 0.1) is 0 Å². The second-order valence-corrected chi connectivity index (χ2v) is 7.59. The van der Waals surface area contributed by atoms with Crippen LogP contribution in [0.5, 0.6) is 0 Å². The molecule has 4 rings (SSSR count). The molecule has 5 nitrogen and oxygen atoms in total. The van der Waals surface area contributed by atoms with Crippen molar-refractivity contribution in [3.05, 3.63) is 71.0 Å². The standard InChI is InChI=1S/C21H20BrN3O2/c22-18-4-1-15(2-5-18)20(26)21(27)25-11-9-24(10-12-25)19-6-3-17-14-23-8-7-16(17)13-19/h1-8,13-14,20,26H,9-12H2. The monoisotopic (exact) mass is 425 g/mol. The van der Waals surface area contributed by atoms with Gasteiger partial charge in [-0.3, -0.25) is 9.78 Å². The van der Waals surface area contributed by atoms with Crippen LogP contribution in [0.15, 0.2) is 65.4 Å². The highest BCUT2D eigenvalue weighted by molar-refractivity contribution is 9.10. The minimum absolute atomic E-state index is 0.235. The summed E-state index contributed by atoms with van der Waals surface area (Å²) in [5.74, 6) is -0.235. The number of piperazine rings is 1. The maximum Gasteiger partial charge on any atom is 0.256 e. The fourth-order valence-electron chi connectivity index (χ4n) is 3.41. The van der Waals surface area contributed by atoms with Gasteiger partial charge < -0.3 is 14.9 Å². The van der Waals surface area contributed by atoms with Gasteiger partial charge in [-0.15, -0.1) is 0 Å². The number of nitrogens with zero attached hydrogens (tertiary/aromatic N) is 3. The van der Waals surface area contributed by atoms with Gasteiger partial charge in [0.25, 0.3) is 5.91 Å². The third-order valence-electron chi connectivity index (χ3n) is 5.00. The molecule has 1 aromatic heterocycles. The van der Waals surface area contributed by atoms with Gasteiger partial charge in [-0.05, 0) is 41.3 Å². The fourth-order valence-corrected chi connectivity index (χ4v) is 3.68. The zero-order chi connectivity index (χ0) is 18.8. The Labute approximate surface area is 166 Å². The van der Waals surface area contributed by atoms with Gasteiger partial charge in [0, 0.05) is 54.1 Å². The molecule has 2 aromatic carbocycles. The van der Waals surface area contributed by atoms with Crippen LogP contribution in [0.3, 0.4) is 0 Å². The average Bonchev–Trinajstić information content (AvgIpc) is 2.73. The first-order valence-corrected chi connectivity index (χ1v) is 9.72. The first-order valence-electron chi connectivity index (χ1n) is 8.93. The first-order chi connectivity index (χ1) is 13.1. The van der Waals surface area contributed by atoms with E-state index >= 15 is 0 Å². The third kappa shape index (κ3) is 3.82. The summed E-state index contributed by atoms with van der Waals surface area (Å²) in [4.78, 5) is 20.8. The number of hydrogen-bond donors (Lipinski definition) is 1. The number of amides is 1. The van der Waals surface area contributed by atoms with Crippen LogP contribution < -0.4 is 4.90 Å². The summed E-state index contributed by atoms with van der Waals surface area (Å²) in [6, 6.07) is 15.5. The first kappa shape index (κ1) is 17.9. The van der Waals surface area contributed by atoms with E-state index in [4.69, 9.17) is 0 Å². The Hall–Kier alpha value is -2.44. The van der Waals surface area contributed by atoms with Crippen LogP contribution in [0.2, 0.25) is 0 Å². The van der Waals surface area contributed by atoms with Crippen LogP contribution in [-0.2, 0) is 4.79 Å². The molecule has 3 aromatic rings. The summed E-state index contributed by atoms with van der Waals surface area (Å²) in [7, 11) is 0. The number of aliphatic hydroxyl groups excluding tert-OH is 1. The van der Waals surface area contributed by atoms with E-state index in [1.165, 1.54) is 0 Å². The predicted molar refractivity (Wildman–Crippen MR) is 110 cm³/mol. The highest BCUT2D eigenvalue weighted by atomic mass is 79.9. The maximum atomic E-state index is 12.6. The molecule has 0 aliphatic carbocycles. The normalized spacial score (nSPS) is 15.8. The van der Waals surface area contributed by atoms with E-state index in [0.29, 0.717) is 18.7 Å². The molecule has 0 bridgehead atoms. The van der Waals surface area contributed by atoms with Crippen molar-refractivity contribution in [2.24, 2.45) is 0 Å². The van der Waals surface area contributed by atoms with E-state index in [1.807, 2.05) is 24.4 Å². The van der Waals surface area contributed by atoms with Crippen LogP contribution in [0.4, 0.5) is 5.69 Å². The molecule has 1 atom stereocenters. The summed E-state index contributed by atoms with van der Waals surface area (Å²) in [6.45, 7) is 2.69. The van der Waals surface area contributed by atoms with E-state index in [-0.39, 0.29) is 5.91 Å². The number of hydrogen-bond acceptors (Lipinski definition) is 4. The zero-order valence-electron chi connectivity index (χ0n) is 14.8. The molecule has 2 heterocycles. The van der Waals surface area contributed by atoms with Gasteiger partial charge in [0.1, 0.15) is 0 Å². The molecule has 1 aliphatic heterocycles. The second kappa shape index (κ2) is 7.66. The Kier molecular flexibility index (Phi) is 5.09. The Bertz CT molecular complexity index is 953. The molecule has 138 valence electrons. The van der Waals surface area contributed by atoms with E-state index < -0.39 is 6.10 Å². The van der Waals surface area contributed by atoms with E-state index in [0.717, 1.165) is 34.0 Å². The van der Waals surface area contributed by atoms with Crippen molar-refractivity contribution in [3.63, 3.8) is 0 Å². The van der Waals surface area contributed by atoms with Crippen LogP contribution >= 0.6 is 15.9 Å². The molecule has 1 saturated heterocycles. The fraction of sp³-hybridized carbons (Fsp3) is 0.238. The molecule has 1 aliphatic rings. The van der Waals surface area contributed by atoms with Crippen molar-refractivity contribution in [3.8, 4) is 0 Å². The van der Waals surface area contributed by atoms with Gasteiger partial charge >= 0.3 is 0 Å². The Morgan fingerprint density at radius 3 is 2.48 bits per heavy atom. The SMILES string of the molecule is O=C(C(O)c1ccc(Br)cc1)N1CCN(c2ccc3cnccc3c2)CC1. The number of anilines is 1. The molecule has 27 heavy (non-hydrogen) atoms. The molecule has 0 saturated carbocycles. The largest absolute Gasteiger partial charge is 0.378 e. The topological polar surface area (TPSA) is 56.7 Å². The second-order valence-electron chi connectivity index (χ2n) is 6.67. The maximum absolute atomic E-state index is 12.6. The molecule has 6 heteroatoms. The van der Waals surface area contributed by atoms with Crippen molar-refractivity contribution in [1.82, 2.24) is 9.88 Å². The van der Waals surface area contributed by atoms with Crippen LogP contribution in [0.1, 0.15) is 11.7 Å². The van der Waals surface area contributed by atoms with Crippen molar-refractivity contribution >= 4 is 38.3 Å². The van der Waals surface area contributed by atoms with Gasteiger partial charge in [0.2, 0.25) is 0 Å². The summed E-state index contributed by atoms with van der Waals surface area (Å²) < 4.78 is 0.922. The summed E-state index contributed by atoms with van der Waals surface area (Å²) in [5, 5.41) is 12.7. The van der Waals surface area contributed by atoms with E-state index in [1.54, 1.807) is 23.2 Å². The Morgan fingerprint density at radius 1 is 1.00 bits per heavy atom. The minimum Gasteiger partial charge on any atom is -0.378 e. The number of fused-ring (bicyclic) bond motifs is 1.